The number of carbonyl (C=O) groups excluding carboxylic acids is 1. The molecule has 0 unspecified atom stereocenters. The van der Waals surface area contributed by atoms with E-state index in [0.717, 1.165) is 16.7 Å². The van der Waals surface area contributed by atoms with Crippen molar-refractivity contribution < 1.29 is 14.6 Å². The number of benzene rings is 3. The zero-order valence-corrected chi connectivity index (χ0v) is 17.7. The minimum Gasteiger partial charge on any atom is -0.504 e. The summed E-state index contributed by atoms with van der Waals surface area (Å²) in [6.45, 7) is 1.75. The fourth-order valence-corrected chi connectivity index (χ4v) is 3.21. The number of rotatable bonds is 6. The van der Waals surface area contributed by atoms with Gasteiger partial charge in [-0.3, -0.25) is 9.89 Å². The maximum Gasteiger partial charge on any atom is 0.289 e. The lowest BCUT2D eigenvalue weighted by atomic mass is 10.0. The lowest BCUT2D eigenvalue weighted by Crippen LogP contribution is -2.19. The predicted molar refractivity (Wildman–Crippen MR) is 124 cm³/mol. The molecule has 0 atom stereocenters. The third kappa shape index (κ3) is 4.52. The summed E-state index contributed by atoms with van der Waals surface area (Å²) in [6, 6.07) is 24.6. The highest BCUT2D eigenvalue weighted by Crippen LogP contribution is 2.26. The van der Waals surface area contributed by atoms with Crippen LogP contribution in [0.3, 0.4) is 0 Å². The number of aromatic amines is 1. The number of hydrogen-bond acceptors (Lipinski definition) is 5. The van der Waals surface area contributed by atoms with Crippen LogP contribution in [-0.2, 0) is 0 Å². The number of nitrogens with one attached hydrogen (secondary N) is 2. The molecule has 3 N–H and O–H groups in total. The van der Waals surface area contributed by atoms with Crippen molar-refractivity contribution in [1.82, 2.24) is 15.6 Å². The Morgan fingerprint density at radius 1 is 0.969 bits per heavy atom. The molecule has 1 amide bonds. The molecule has 4 aromatic rings. The van der Waals surface area contributed by atoms with Gasteiger partial charge in [-0.1, -0.05) is 54.6 Å². The lowest BCUT2D eigenvalue weighted by molar-refractivity contribution is 0.0950. The van der Waals surface area contributed by atoms with Crippen LogP contribution in [0.15, 0.2) is 84.0 Å². The number of hydrazone groups is 1. The van der Waals surface area contributed by atoms with Gasteiger partial charge in [0.25, 0.3) is 5.91 Å². The number of aromatic hydroxyl groups is 1. The van der Waals surface area contributed by atoms with Crippen molar-refractivity contribution in [2.24, 2.45) is 5.10 Å². The monoisotopic (exact) mass is 426 g/mol. The number of aromatic nitrogens is 2. The number of amides is 1. The number of ether oxygens (including phenoxy) is 1. The highest BCUT2D eigenvalue weighted by Gasteiger charge is 2.12. The van der Waals surface area contributed by atoms with Crippen molar-refractivity contribution in [3.05, 3.63) is 90.1 Å². The van der Waals surface area contributed by atoms with Gasteiger partial charge in [-0.2, -0.15) is 10.2 Å². The number of methoxy groups -OCH3 is 1. The number of phenols is 1. The Labute approximate surface area is 185 Å². The molecule has 7 heteroatoms. The van der Waals surface area contributed by atoms with E-state index < -0.39 is 5.91 Å². The summed E-state index contributed by atoms with van der Waals surface area (Å²) in [4.78, 5) is 12.5. The summed E-state index contributed by atoms with van der Waals surface area (Å²) in [5.41, 5.74) is 7.91. The second-order valence-corrected chi connectivity index (χ2v) is 7.14. The first-order valence-corrected chi connectivity index (χ1v) is 9.98. The minimum atomic E-state index is -0.408. The van der Waals surface area contributed by atoms with E-state index in [1.807, 2.05) is 42.5 Å². The molecule has 0 aliphatic heterocycles. The summed E-state index contributed by atoms with van der Waals surface area (Å²) in [5.74, 6) is -0.0375. The van der Waals surface area contributed by atoms with Crippen LogP contribution in [0.2, 0.25) is 0 Å². The quantitative estimate of drug-likeness (QED) is 0.310. The van der Waals surface area contributed by atoms with Crippen LogP contribution in [0.25, 0.3) is 22.4 Å². The molecule has 0 saturated carbocycles. The SMILES string of the molecule is COc1cc(/C(C)=N\NC(=O)c2cc(-c3ccc(-c4ccccc4)cc3)n[nH]2)ccc1O. The first-order chi connectivity index (χ1) is 15.5. The van der Waals surface area contributed by atoms with Gasteiger partial charge in [0.1, 0.15) is 5.69 Å². The molecule has 0 spiro atoms. The van der Waals surface area contributed by atoms with Crippen molar-refractivity contribution in [1.29, 1.82) is 0 Å². The van der Waals surface area contributed by atoms with Crippen LogP contribution < -0.4 is 10.2 Å². The molecular formula is C25H22N4O3. The Hall–Kier alpha value is -4.39. The van der Waals surface area contributed by atoms with Crippen LogP contribution in [0.1, 0.15) is 23.0 Å². The highest BCUT2D eigenvalue weighted by atomic mass is 16.5. The Morgan fingerprint density at radius 2 is 1.66 bits per heavy atom. The number of phenolic OH excluding ortho intramolecular Hbond substituents is 1. The maximum absolute atomic E-state index is 12.5. The molecular weight excluding hydrogens is 404 g/mol. The summed E-state index contributed by atoms with van der Waals surface area (Å²) in [7, 11) is 1.47. The zero-order valence-electron chi connectivity index (χ0n) is 17.7. The Balaban J connectivity index is 1.45. The van der Waals surface area contributed by atoms with Crippen molar-refractivity contribution in [3.63, 3.8) is 0 Å². The second kappa shape index (κ2) is 9.18. The third-order valence-electron chi connectivity index (χ3n) is 5.03. The van der Waals surface area contributed by atoms with E-state index in [1.165, 1.54) is 13.2 Å². The van der Waals surface area contributed by atoms with E-state index in [9.17, 15) is 9.90 Å². The van der Waals surface area contributed by atoms with Crippen LogP contribution in [0, 0.1) is 0 Å². The highest BCUT2D eigenvalue weighted by molar-refractivity contribution is 6.01. The van der Waals surface area contributed by atoms with Gasteiger partial charge < -0.3 is 9.84 Å². The number of carbonyl (C=O) groups is 1. The zero-order chi connectivity index (χ0) is 22.5. The van der Waals surface area contributed by atoms with E-state index in [0.29, 0.717) is 28.4 Å². The number of H-pyrrole nitrogens is 1. The van der Waals surface area contributed by atoms with Gasteiger partial charge in [0.05, 0.1) is 18.5 Å². The molecule has 0 saturated heterocycles. The van der Waals surface area contributed by atoms with Crippen molar-refractivity contribution in [2.45, 2.75) is 6.92 Å². The standard InChI is InChI=1S/C25H22N4O3/c1-16(20-12-13-23(30)24(14-20)32-2)26-29-25(31)22-15-21(27-28-22)19-10-8-18(9-11-19)17-6-4-3-5-7-17/h3-15,30H,1-2H3,(H,27,28)(H,29,31)/b26-16-. The third-order valence-corrected chi connectivity index (χ3v) is 5.03. The summed E-state index contributed by atoms with van der Waals surface area (Å²) < 4.78 is 5.10. The largest absolute Gasteiger partial charge is 0.504 e. The van der Waals surface area contributed by atoms with Crippen molar-refractivity contribution in [2.75, 3.05) is 7.11 Å². The van der Waals surface area contributed by atoms with Crippen molar-refractivity contribution in [3.8, 4) is 33.9 Å². The van der Waals surface area contributed by atoms with Gasteiger partial charge in [0.15, 0.2) is 11.5 Å². The van der Waals surface area contributed by atoms with E-state index in [-0.39, 0.29) is 5.75 Å². The molecule has 0 aliphatic rings. The van der Waals surface area contributed by atoms with Gasteiger partial charge in [0.2, 0.25) is 0 Å². The van der Waals surface area contributed by atoms with Gasteiger partial charge in [-0.05, 0) is 42.3 Å². The molecule has 7 nitrogen and oxygen atoms in total. The fourth-order valence-electron chi connectivity index (χ4n) is 3.21. The first-order valence-electron chi connectivity index (χ1n) is 9.98. The average molecular weight is 426 g/mol. The molecule has 3 aromatic carbocycles. The van der Waals surface area contributed by atoms with E-state index >= 15 is 0 Å². The van der Waals surface area contributed by atoms with Crippen LogP contribution in [-0.4, -0.2) is 34.0 Å². The topological polar surface area (TPSA) is 99.6 Å². The molecule has 0 bridgehead atoms. The van der Waals surface area contributed by atoms with E-state index in [1.54, 1.807) is 25.1 Å². The molecule has 1 aromatic heterocycles. The van der Waals surface area contributed by atoms with Gasteiger partial charge in [-0.15, -0.1) is 0 Å². The summed E-state index contributed by atoms with van der Waals surface area (Å²) >= 11 is 0. The Morgan fingerprint density at radius 3 is 2.38 bits per heavy atom. The van der Waals surface area contributed by atoms with Gasteiger partial charge >= 0.3 is 0 Å². The minimum absolute atomic E-state index is 0.0369. The van der Waals surface area contributed by atoms with Gasteiger partial charge in [-0.25, -0.2) is 5.43 Å². The molecule has 32 heavy (non-hydrogen) atoms. The van der Waals surface area contributed by atoms with Crippen LogP contribution >= 0.6 is 0 Å². The van der Waals surface area contributed by atoms with Crippen LogP contribution in [0.5, 0.6) is 11.5 Å². The molecule has 160 valence electrons. The molecule has 0 aliphatic carbocycles. The fraction of sp³-hybridized carbons (Fsp3) is 0.0800. The van der Waals surface area contributed by atoms with Gasteiger partial charge in [0, 0.05) is 11.1 Å². The van der Waals surface area contributed by atoms with E-state index in [2.05, 4.69) is 32.9 Å². The Bertz CT molecular complexity index is 1260. The molecule has 0 fully saturated rings. The summed E-state index contributed by atoms with van der Waals surface area (Å²) in [5, 5.41) is 20.8. The normalized spacial score (nSPS) is 11.2. The van der Waals surface area contributed by atoms with Crippen LogP contribution in [0.4, 0.5) is 0 Å². The average Bonchev–Trinajstić information content (AvgIpc) is 3.34. The predicted octanol–water partition coefficient (Wildman–Crippen LogP) is 4.61. The first kappa shape index (κ1) is 20.9. The molecule has 0 radical (unpaired) electrons. The molecule has 4 rings (SSSR count). The van der Waals surface area contributed by atoms with E-state index in [4.69, 9.17) is 4.74 Å². The molecule has 1 heterocycles. The summed E-state index contributed by atoms with van der Waals surface area (Å²) in [6.07, 6.45) is 0. The lowest BCUT2D eigenvalue weighted by Gasteiger charge is -2.06. The second-order valence-electron chi connectivity index (χ2n) is 7.14. The maximum atomic E-state index is 12.5. The van der Waals surface area contributed by atoms with Crippen molar-refractivity contribution >= 4 is 11.6 Å². The smallest absolute Gasteiger partial charge is 0.289 e. The Kier molecular flexibility index (Phi) is 5.98. The number of hydrogen-bond donors (Lipinski definition) is 3. The number of nitrogens with zero attached hydrogens (tertiary/aromatic N) is 2.